The van der Waals surface area contributed by atoms with Crippen LogP contribution >= 0.6 is 11.3 Å². The Morgan fingerprint density at radius 3 is 2.33 bits per heavy atom. The van der Waals surface area contributed by atoms with Crippen LogP contribution in [0.1, 0.15) is 12.8 Å². The van der Waals surface area contributed by atoms with Crippen LogP contribution in [0.25, 0.3) is 0 Å². The molecule has 1 heterocycles. The van der Waals surface area contributed by atoms with Crippen molar-refractivity contribution in [2.45, 2.75) is 17.1 Å². The van der Waals surface area contributed by atoms with Crippen molar-refractivity contribution in [1.82, 2.24) is 5.32 Å². The second-order valence-electron chi connectivity index (χ2n) is 7.05. The van der Waals surface area contributed by atoms with E-state index in [2.05, 4.69) is 5.32 Å². The molecule has 3 rings (SSSR count). The van der Waals surface area contributed by atoms with Gasteiger partial charge in [0.2, 0.25) is 0 Å². The second kappa shape index (κ2) is 11.7. The molecule has 33 heavy (non-hydrogen) atoms. The monoisotopic (exact) mass is 492 g/mol. The van der Waals surface area contributed by atoms with Gasteiger partial charge in [-0.3, -0.25) is 9.10 Å². The van der Waals surface area contributed by atoms with Crippen molar-refractivity contribution >= 4 is 33.0 Å². The topological polar surface area (TPSA) is 84.9 Å². The summed E-state index contributed by atoms with van der Waals surface area (Å²) in [4.78, 5) is 12.0. The summed E-state index contributed by atoms with van der Waals surface area (Å²) in [5.74, 6) is 0.507. The maximum atomic E-state index is 12.8. The molecule has 0 aliphatic heterocycles. The molecule has 0 fully saturated rings. The van der Waals surface area contributed by atoms with E-state index in [-0.39, 0.29) is 22.5 Å². The van der Waals surface area contributed by atoms with Gasteiger partial charge in [0, 0.05) is 13.6 Å². The molecule has 0 saturated heterocycles. The van der Waals surface area contributed by atoms with E-state index in [0.29, 0.717) is 30.3 Å². The van der Waals surface area contributed by atoms with Crippen molar-refractivity contribution in [2.24, 2.45) is 0 Å². The Kier molecular flexibility index (Phi) is 8.67. The van der Waals surface area contributed by atoms with Crippen LogP contribution in [0.5, 0.6) is 11.5 Å². The van der Waals surface area contributed by atoms with Gasteiger partial charge < -0.3 is 14.8 Å². The van der Waals surface area contributed by atoms with E-state index in [1.807, 2.05) is 0 Å². The maximum Gasteiger partial charge on any atom is 0.273 e. The SMILES string of the molecule is CN(c1ccc(OCC(=O)NCCCCOc2ccc(F)cc2)cc1)S(=O)(=O)c1cccs1. The van der Waals surface area contributed by atoms with Gasteiger partial charge in [0.1, 0.15) is 21.5 Å². The Morgan fingerprint density at radius 2 is 1.67 bits per heavy atom. The van der Waals surface area contributed by atoms with E-state index < -0.39 is 10.0 Å². The highest BCUT2D eigenvalue weighted by molar-refractivity contribution is 7.94. The van der Waals surface area contributed by atoms with Crippen LogP contribution in [0.15, 0.2) is 70.3 Å². The summed E-state index contributed by atoms with van der Waals surface area (Å²) < 4.78 is 50.4. The number of amides is 1. The quantitative estimate of drug-likeness (QED) is 0.386. The molecule has 0 atom stereocenters. The van der Waals surface area contributed by atoms with Gasteiger partial charge in [-0.1, -0.05) is 6.07 Å². The van der Waals surface area contributed by atoms with Gasteiger partial charge in [0.05, 0.1) is 12.3 Å². The minimum atomic E-state index is -3.60. The average molecular weight is 493 g/mol. The zero-order chi connectivity index (χ0) is 23.7. The van der Waals surface area contributed by atoms with Gasteiger partial charge >= 0.3 is 0 Å². The lowest BCUT2D eigenvalue weighted by atomic mass is 10.3. The number of carbonyl (C=O) groups is 1. The standard InChI is InChI=1S/C23H25FN2O5S2/c1-26(33(28,29)23-5-4-16-32-23)19-8-12-21(13-9-19)31-17-22(27)25-14-2-3-15-30-20-10-6-18(24)7-11-20/h4-13,16H,2-3,14-15,17H2,1H3,(H,25,27). The summed E-state index contributed by atoms with van der Waals surface area (Å²) in [6, 6.07) is 15.6. The number of nitrogens with zero attached hydrogens (tertiary/aromatic N) is 1. The summed E-state index contributed by atoms with van der Waals surface area (Å²) in [6.45, 7) is 0.815. The van der Waals surface area contributed by atoms with Crippen LogP contribution in [0.3, 0.4) is 0 Å². The molecular formula is C23H25FN2O5S2. The molecule has 176 valence electrons. The number of ether oxygens (including phenoxy) is 2. The number of halogens is 1. The number of rotatable bonds is 12. The van der Waals surface area contributed by atoms with E-state index >= 15 is 0 Å². The molecule has 3 aromatic rings. The summed E-state index contributed by atoms with van der Waals surface area (Å²) in [7, 11) is -2.11. The van der Waals surface area contributed by atoms with Crippen LogP contribution < -0.4 is 19.1 Å². The first-order valence-electron chi connectivity index (χ1n) is 10.3. The predicted octanol–water partition coefficient (Wildman–Crippen LogP) is 4.07. The second-order valence-corrected chi connectivity index (χ2v) is 10.2. The van der Waals surface area contributed by atoms with Gasteiger partial charge in [-0.2, -0.15) is 0 Å². The highest BCUT2D eigenvalue weighted by Crippen LogP contribution is 2.26. The fraction of sp³-hybridized carbons (Fsp3) is 0.261. The summed E-state index contributed by atoms with van der Waals surface area (Å²) in [5.41, 5.74) is 0.489. The fourth-order valence-corrected chi connectivity index (χ4v) is 5.17. The number of nitrogens with one attached hydrogen (secondary N) is 1. The Morgan fingerprint density at radius 1 is 1.00 bits per heavy atom. The van der Waals surface area contributed by atoms with Crippen molar-refractivity contribution in [2.75, 3.05) is 31.1 Å². The van der Waals surface area contributed by atoms with E-state index in [4.69, 9.17) is 9.47 Å². The maximum absolute atomic E-state index is 12.8. The average Bonchev–Trinajstić information content (AvgIpc) is 3.37. The number of hydrogen-bond acceptors (Lipinski definition) is 6. The van der Waals surface area contributed by atoms with Crippen LogP contribution in [0.2, 0.25) is 0 Å². The number of benzene rings is 2. The number of anilines is 1. The van der Waals surface area contributed by atoms with Crippen LogP contribution in [0.4, 0.5) is 10.1 Å². The third kappa shape index (κ3) is 7.19. The minimum absolute atomic E-state index is 0.144. The molecular weight excluding hydrogens is 467 g/mol. The molecule has 7 nitrogen and oxygen atoms in total. The molecule has 0 saturated carbocycles. The molecule has 1 aromatic heterocycles. The zero-order valence-electron chi connectivity index (χ0n) is 18.1. The smallest absolute Gasteiger partial charge is 0.273 e. The molecule has 10 heteroatoms. The molecule has 0 unspecified atom stereocenters. The molecule has 0 spiro atoms. The minimum Gasteiger partial charge on any atom is -0.494 e. The normalized spacial score (nSPS) is 11.1. The Labute approximate surface area is 196 Å². The van der Waals surface area contributed by atoms with E-state index in [1.165, 1.54) is 23.5 Å². The fourth-order valence-electron chi connectivity index (χ4n) is 2.81. The number of hydrogen-bond donors (Lipinski definition) is 1. The van der Waals surface area contributed by atoms with Gasteiger partial charge in [-0.05, 0) is 72.8 Å². The highest BCUT2D eigenvalue weighted by atomic mass is 32.2. The zero-order valence-corrected chi connectivity index (χ0v) is 19.7. The molecule has 0 aliphatic rings. The molecule has 0 aliphatic carbocycles. The molecule has 1 amide bonds. The summed E-state index contributed by atoms with van der Waals surface area (Å²) in [6.07, 6.45) is 1.47. The number of unbranched alkanes of at least 4 members (excludes halogenated alkanes) is 1. The largest absolute Gasteiger partial charge is 0.494 e. The lowest BCUT2D eigenvalue weighted by Crippen LogP contribution is -2.29. The Balaban J connectivity index is 1.34. The predicted molar refractivity (Wildman–Crippen MR) is 126 cm³/mol. The molecule has 0 bridgehead atoms. The van der Waals surface area contributed by atoms with E-state index in [1.54, 1.807) is 53.9 Å². The van der Waals surface area contributed by atoms with Crippen molar-refractivity contribution in [3.8, 4) is 11.5 Å². The number of carbonyl (C=O) groups excluding carboxylic acids is 1. The molecule has 2 aromatic carbocycles. The van der Waals surface area contributed by atoms with Crippen molar-refractivity contribution in [3.63, 3.8) is 0 Å². The first kappa shape index (κ1) is 24.5. The van der Waals surface area contributed by atoms with E-state index in [9.17, 15) is 17.6 Å². The van der Waals surface area contributed by atoms with Gasteiger partial charge in [-0.25, -0.2) is 12.8 Å². The number of sulfonamides is 1. The Hall–Kier alpha value is -3.11. The van der Waals surface area contributed by atoms with E-state index in [0.717, 1.165) is 24.2 Å². The third-order valence-corrected chi connectivity index (χ3v) is 7.81. The van der Waals surface area contributed by atoms with Gasteiger partial charge in [0.15, 0.2) is 6.61 Å². The molecule has 0 radical (unpaired) electrons. The highest BCUT2D eigenvalue weighted by Gasteiger charge is 2.22. The Bertz CT molecular complexity index is 1120. The summed E-state index contributed by atoms with van der Waals surface area (Å²) in [5, 5.41) is 4.48. The lowest BCUT2D eigenvalue weighted by molar-refractivity contribution is -0.123. The summed E-state index contributed by atoms with van der Waals surface area (Å²) >= 11 is 1.16. The lowest BCUT2D eigenvalue weighted by Gasteiger charge is -2.18. The first-order chi connectivity index (χ1) is 15.9. The van der Waals surface area contributed by atoms with Crippen LogP contribution in [-0.4, -0.2) is 41.1 Å². The first-order valence-corrected chi connectivity index (χ1v) is 12.6. The van der Waals surface area contributed by atoms with Crippen molar-refractivity contribution in [3.05, 3.63) is 71.9 Å². The molecule has 1 N–H and O–H groups in total. The van der Waals surface area contributed by atoms with Gasteiger partial charge in [-0.15, -0.1) is 11.3 Å². The number of thiophene rings is 1. The van der Waals surface area contributed by atoms with Gasteiger partial charge in [0.25, 0.3) is 15.9 Å². The van der Waals surface area contributed by atoms with Crippen LogP contribution in [-0.2, 0) is 14.8 Å². The third-order valence-electron chi connectivity index (χ3n) is 4.66. The van der Waals surface area contributed by atoms with Crippen molar-refractivity contribution < 1.29 is 27.1 Å². The van der Waals surface area contributed by atoms with Crippen LogP contribution in [0, 0.1) is 5.82 Å². The van der Waals surface area contributed by atoms with Crippen molar-refractivity contribution in [1.29, 1.82) is 0 Å².